The summed E-state index contributed by atoms with van der Waals surface area (Å²) in [4.78, 5) is 0. The molecule has 0 radical (unpaired) electrons. The normalized spacial score (nSPS) is 11.8. The van der Waals surface area contributed by atoms with Gasteiger partial charge < -0.3 is 9.47 Å². The summed E-state index contributed by atoms with van der Waals surface area (Å²) in [5, 5.41) is 0. The number of unbranched alkanes of at least 4 members (excludes halogenated alkanes) is 8. The Morgan fingerprint density at radius 3 is 1.83 bits per heavy atom. The van der Waals surface area contributed by atoms with Gasteiger partial charge in [-0.25, -0.2) is 0 Å². The predicted molar refractivity (Wildman–Crippen MR) is 107 cm³/mol. The van der Waals surface area contributed by atoms with Gasteiger partial charge >= 0.3 is 0 Å². The van der Waals surface area contributed by atoms with E-state index in [1.165, 1.54) is 51.4 Å². The zero-order valence-electron chi connectivity index (χ0n) is 16.2. The van der Waals surface area contributed by atoms with Crippen LogP contribution in [0, 0.1) is 0 Å². The van der Waals surface area contributed by atoms with Gasteiger partial charge in [-0.2, -0.15) is 0 Å². The maximum Gasteiger partial charge on any atom is 0.157 e. The van der Waals surface area contributed by atoms with E-state index in [-0.39, 0.29) is 6.29 Å². The molecule has 0 atom stereocenters. The van der Waals surface area contributed by atoms with E-state index in [2.05, 4.69) is 26.0 Å². The first kappa shape index (κ1) is 23.9. The second-order valence-electron chi connectivity index (χ2n) is 6.53. The second-order valence-corrected chi connectivity index (χ2v) is 6.90. The lowest BCUT2D eigenvalue weighted by molar-refractivity contribution is -0.148. The molecular weight excluding hydrogens is 320 g/mol. The molecule has 0 unspecified atom stereocenters. The molecule has 0 fully saturated rings. The summed E-state index contributed by atoms with van der Waals surface area (Å²) in [5.74, 6) is 0.766. The lowest BCUT2D eigenvalue weighted by Gasteiger charge is -2.18. The Morgan fingerprint density at radius 1 is 0.708 bits per heavy atom. The number of alkyl halides is 1. The van der Waals surface area contributed by atoms with Gasteiger partial charge in [0.25, 0.3) is 0 Å². The van der Waals surface area contributed by atoms with Crippen molar-refractivity contribution in [3.63, 3.8) is 0 Å². The van der Waals surface area contributed by atoms with Gasteiger partial charge in [0.2, 0.25) is 0 Å². The fourth-order valence-electron chi connectivity index (χ4n) is 2.53. The molecule has 0 saturated carbocycles. The van der Waals surface area contributed by atoms with Crippen LogP contribution in [0.3, 0.4) is 0 Å². The van der Waals surface area contributed by atoms with Gasteiger partial charge in [-0.15, -0.1) is 11.6 Å². The smallest absolute Gasteiger partial charge is 0.157 e. The number of hydrogen-bond acceptors (Lipinski definition) is 2. The number of rotatable bonds is 19. The fourth-order valence-corrected chi connectivity index (χ4v) is 2.68. The Morgan fingerprint density at radius 2 is 1.29 bits per heavy atom. The van der Waals surface area contributed by atoms with Crippen molar-refractivity contribution in [3.05, 3.63) is 12.2 Å². The molecular formula is C21H41ClO2. The van der Waals surface area contributed by atoms with Gasteiger partial charge in [0, 0.05) is 19.1 Å². The quantitative estimate of drug-likeness (QED) is 0.104. The molecule has 0 aromatic heterocycles. The highest BCUT2D eigenvalue weighted by Crippen LogP contribution is 2.12. The Labute approximate surface area is 156 Å². The van der Waals surface area contributed by atoms with E-state index in [1.54, 1.807) is 0 Å². The van der Waals surface area contributed by atoms with Crippen LogP contribution >= 0.6 is 11.6 Å². The molecule has 0 spiro atoms. The summed E-state index contributed by atoms with van der Waals surface area (Å²) in [5.41, 5.74) is 0. The molecule has 0 aliphatic carbocycles. The molecule has 0 rings (SSSR count). The predicted octanol–water partition coefficient (Wildman–Crippen LogP) is 7.25. The summed E-state index contributed by atoms with van der Waals surface area (Å²) in [7, 11) is 0. The average molecular weight is 361 g/mol. The summed E-state index contributed by atoms with van der Waals surface area (Å²) < 4.78 is 11.9. The molecule has 0 amide bonds. The molecule has 0 aromatic carbocycles. The number of halogens is 1. The lowest BCUT2D eigenvalue weighted by atomic mass is 10.1. The third-order valence-electron chi connectivity index (χ3n) is 4.08. The molecule has 0 aliphatic rings. The lowest BCUT2D eigenvalue weighted by Crippen LogP contribution is -2.19. The first-order valence-corrected chi connectivity index (χ1v) is 10.8. The van der Waals surface area contributed by atoms with E-state index in [9.17, 15) is 0 Å². The largest absolute Gasteiger partial charge is 0.353 e. The maximum atomic E-state index is 5.95. The van der Waals surface area contributed by atoms with Gasteiger partial charge in [0.05, 0.1) is 0 Å². The second kappa shape index (κ2) is 21.0. The van der Waals surface area contributed by atoms with Gasteiger partial charge in [-0.1, -0.05) is 58.1 Å². The van der Waals surface area contributed by atoms with E-state index >= 15 is 0 Å². The Hall–Kier alpha value is -0.0500. The van der Waals surface area contributed by atoms with Crippen molar-refractivity contribution in [1.82, 2.24) is 0 Å². The van der Waals surface area contributed by atoms with Crippen molar-refractivity contribution in [1.29, 1.82) is 0 Å². The van der Waals surface area contributed by atoms with E-state index < -0.39 is 0 Å². The van der Waals surface area contributed by atoms with Crippen LogP contribution in [0.25, 0.3) is 0 Å². The third-order valence-corrected chi connectivity index (χ3v) is 4.35. The van der Waals surface area contributed by atoms with Crippen LogP contribution in [0.4, 0.5) is 0 Å². The highest BCUT2D eigenvalue weighted by molar-refractivity contribution is 6.17. The molecule has 2 nitrogen and oxygen atoms in total. The number of allylic oxidation sites excluding steroid dienone is 2. The maximum absolute atomic E-state index is 5.95. The first-order valence-electron chi connectivity index (χ1n) is 10.3. The molecule has 0 aromatic rings. The Bertz CT molecular complexity index is 244. The molecule has 24 heavy (non-hydrogen) atoms. The van der Waals surface area contributed by atoms with Gasteiger partial charge in [-0.3, -0.25) is 0 Å². The zero-order valence-corrected chi connectivity index (χ0v) is 17.0. The molecule has 0 bridgehead atoms. The standard InChI is InChI=1S/C21H41ClO2/c1-3-5-15-19-23-21(24-20-16-6-4-2)17-13-11-9-7-8-10-12-14-18-22/h8,10,21H,3-7,9,11-20H2,1-2H3/b10-8+. The highest BCUT2D eigenvalue weighted by Gasteiger charge is 2.08. The van der Waals surface area contributed by atoms with Crippen molar-refractivity contribution in [2.75, 3.05) is 19.1 Å². The van der Waals surface area contributed by atoms with Crippen LogP contribution in [0.15, 0.2) is 12.2 Å². The Balaban J connectivity index is 3.70. The molecule has 0 aliphatic heterocycles. The van der Waals surface area contributed by atoms with Crippen LogP contribution in [-0.4, -0.2) is 25.4 Å². The van der Waals surface area contributed by atoms with Crippen molar-refractivity contribution < 1.29 is 9.47 Å². The molecule has 3 heteroatoms. The van der Waals surface area contributed by atoms with Crippen LogP contribution in [-0.2, 0) is 9.47 Å². The van der Waals surface area contributed by atoms with E-state index in [4.69, 9.17) is 21.1 Å². The van der Waals surface area contributed by atoms with Crippen LogP contribution in [0.1, 0.15) is 97.3 Å². The minimum Gasteiger partial charge on any atom is -0.353 e. The molecule has 0 saturated heterocycles. The average Bonchev–Trinajstić information content (AvgIpc) is 2.60. The van der Waals surface area contributed by atoms with E-state index in [1.807, 2.05) is 0 Å². The molecule has 144 valence electrons. The van der Waals surface area contributed by atoms with Crippen molar-refractivity contribution in [2.45, 2.75) is 104 Å². The Kier molecular flexibility index (Phi) is 20.9. The monoisotopic (exact) mass is 360 g/mol. The zero-order chi connectivity index (χ0) is 17.7. The number of ether oxygens (including phenoxy) is 2. The van der Waals surface area contributed by atoms with Crippen LogP contribution in [0.5, 0.6) is 0 Å². The van der Waals surface area contributed by atoms with Crippen LogP contribution in [0.2, 0.25) is 0 Å². The molecule has 0 heterocycles. The van der Waals surface area contributed by atoms with Crippen LogP contribution < -0.4 is 0 Å². The third kappa shape index (κ3) is 18.3. The summed E-state index contributed by atoms with van der Waals surface area (Å²) in [6, 6.07) is 0. The van der Waals surface area contributed by atoms with E-state index in [0.717, 1.165) is 51.2 Å². The van der Waals surface area contributed by atoms with E-state index in [0.29, 0.717) is 0 Å². The topological polar surface area (TPSA) is 18.5 Å². The van der Waals surface area contributed by atoms with Gasteiger partial charge in [0.1, 0.15) is 0 Å². The fraction of sp³-hybridized carbons (Fsp3) is 0.905. The first-order chi connectivity index (χ1) is 11.8. The summed E-state index contributed by atoms with van der Waals surface area (Å²) in [6.07, 6.45) is 20.0. The highest BCUT2D eigenvalue weighted by atomic mass is 35.5. The summed E-state index contributed by atoms with van der Waals surface area (Å²) >= 11 is 5.66. The minimum atomic E-state index is 0.0120. The number of hydrogen-bond donors (Lipinski definition) is 0. The minimum absolute atomic E-state index is 0.0120. The van der Waals surface area contributed by atoms with Gasteiger partial charge in [-0.05, 0) is 51.4 Å². The molecule has 0 N–H and O–H groups in total. The summed E-state index contributed by atoms with van der Waals surface area (Å²) in [6.45, 7) is 6.14. The van der Waals surface area contributed by atoms with Crippen molar-refractivity contribution in [2.24, 2.45) is 0 Å². The van der Waals surface area contributed by atoms with Crippen molar-refractivity contribution in [3.8, 4) is 0 Å². The van der Waals surface area contributed by atoms with Crippen molar-refractivity contribution >= 4 is 11.6 Å². The SMILES string of the molecule is CCCCCOC(CCCCC/C=C/CCCCl)OCCCCC. The van der Waals surface area contributed by atoms with Gasteiger partial charge in [0.15, 0.2) is 6.29 Å².